The molecular weight excluding hydrogens is 396 g/mol. The van der Waals surface area contributed by atoms with Gasteiger partial charge in [-0.05, 0) is 55.0 Å². The normalized spacial score (nSPS) is 15.4. The molecule has 1 aliphatic heterocycles. The smallest absolute Gasteiger partial charge is 0.230 e. The first-order valence-corrected chi connectivity index (χ1v) is 9.17. The molecule has 2 heterocycles. The first-order valence-electron chi connectivity index (χ1n) is 8.38. The van der Waals surface area contributed by atoms with Gasteiger partial charge in [-0.3, -0.25) is 4.79 Å². The van der Waals surface area contributed by atoms with Crippen molar-refractivity contribution in [1.82, 2.24) is 5.16 Å². The fourth-order valence-corrected chi connectivity index (χ4v) is 3.27. The molecule has 1 unspecified atom stereocenters. The summed E-state index contributed by atoms with van der Waals surface area (Å²) in [4.78, 5) is 12.2. The number of ether oxygens (including phenoxy) is 1. The standard InChI is InChI=1S/C20H17BrN2O3/c1-12-8-14-9-13(2-7-18(14)25-12)19-10-17(23-26-19)11-20(24)22-16-5-3-15(21)4-6-16/h2-7,9-10,12H,8,11H2,1H3,(H,22,24). The van der Waals surface area contributed by atoms with E-state index in [9.17, 15) is 4.79 Å². The molecule has 2 aromatic carbocycles. The Kier molecular flexibility index (Phi) is 4.51. The molecule has 4 rings (SSSR count). The minimum atomic E-state index is -0.136. The summed E-state index contributed by atoms with van der Waals surface area (Å²) in [5.41, 5.74) is 3.45. The minimum Gasteiger partial charge on any atom is -0.490 e. The monoisotopic (exact) mass is 412 g/mol. The van der Waals surface area contributed by atoms with Crippen molar-refractivity contribution >= 4 is 27.5 Å². The second-order valence-corrected chi connectivity index (χ2v) is 7.29. The van der Waals surface area contributed by atoms with Crippen LogP contribution in [0.5, 0.6) is 5.75 Å². The van der Waals surface area contributed by atoms with Crippen LogP contribution in [0.25, 0.3) is 11.3 Å². The molecule has 0 saturated carbocycles. The van der Waals surface area contributed by atoms with Gasteiger partial charge >= 0.3 is 0 Å². The van der Waals surface area contributed by atoms with Crippen LogP contribution in [0, 0.1) is 0 Å². The molecule has 26 heavy (non-hydrogen) atoms. The van der Waals surface area contributed by atoms with E-state index in [1.807, 2.05) is 42.5 Å². The molecule has 5 nitrogen and oxygen atoms in total. The van der Waals surface area contributed by atoms with Gasteiger partial charge in [-0.15, -0.1) is 0 Å². The average molecular weight is 413 g/mol. The fraction of sp³-hybridized carbons (Fsp3) is 0.200. The summed E-state index contributed by atoms with van der Waals surface area (Å²) in [6.07, 6.45) is 1.25. The second kappa shape index (κ2) is 6.96. The summed E-state index contributed by atoms with van der Waals surface area (Å²) in [5.74, 6) is 1.44. The Hall–Kier alpha value is -2.60. The van der Waals surface area contributed by atoms with Gasteiger partial charge in [0.25, 0.3) is 0 Å². The van der Waals surface area contributed by atoms with E-state index >= 15 is 0 Å². The zero-order valence-electron chi connectivity index (χ0n) is 14.2. The van der Waals surface area contributed by atoms with Gasteiger partial charge < -0.3 is 14.6 Å². The summed E-state index contributed by atoms with van der Waals surface area (Å²) < 4.78 is 12.1. The predicted octanol–water partition coefficient (Wildman–Crippen LogP) is 4.61. The van der Waals surface area contributed by atoms with E-state index in [4.69, 9.17) is 9.26 Å². The number of benzene rings is 2. The third-order valence-electron chi connectivity index (χ3n) is 4.21. The van der Waals surface area contributed by atoms with Gasteiger partial charge in [-0.25, -0.2) is 0 Å². The summed E-state index contributed by atoms with van der Waals surface area (Å²) in [6, 6.07) is 15.2. The molecule has 0 saturated heterocycles. The molecule has 0 aliphatic carbocycles. The highest BCUT2D eigenvalue weighted by molar-refractivity contribution is 9.10. The maximum absolute atomic E-state index is 12.2. The van der Waals surface area contributed by atoms with E-state index in [0.717, 1.165) is 27.9 Å². The van der Waals surface area contributed by atoms with E-state index in [1.165, 1.54) is 5.56 Å². The number of rotatable bonds is 4. The van der Waals surface area contributed by atoms with Crippen LogP contribution in [0.1, 0.15) is 18.2 Å². The van der Waals surface area contributed by atoms with Crippen LogP contribution in [0.3, 0.4) is 0 Å². The van der Waals surface area contributed by atoms with Crippen molar-refractivity contribution < 1.29 is 14.1 Å². The van der Waals surface area contributed by atoms with Crippen molar-refractivity contribution in [2.75, 3.05) is 5.32 Å². The van der Waals surface area contributed by atoms with Crippen molar-refractivity contribution in [3.63, 3.8) is 0 Å². The van der Waals surface area contributed by atoms with Gasteiger partial charge in [-0.2, -0.15) is 0 Å². The Morgan fingerprint density at radius 3 is 2.85 bits per heavy atom. The van der Waals surface area contributed by atoms with Crippen LogP contribution in [0.15, 0.2) is 57.5 Å². The number of hydrogen-bond donors (Lipinski definition) is 1. The first kappa shape index (κ1) is 16.8. The number of fused-ring (bicyclic) bond motifs is 1. The minimum absolute atomic E-state index is 0.136. The molecule has 1 N–H and O–H groups in total. The second-order valence-electron chi connectivity index (χ2n) is 6.37. The molecule has 1 aliphatic rings. The molecule has 1 amide bonds. The number of amides is 1. The quantitative estimate of drug-likeness (QED) is 0.679. The zero-order chi connectivity index (χ0) is 18.1. The summed E-state index contributed by atoms with van der Waals surface area (Å²) in [5, 5.41) is 6.87. The van der Waals surface area contributed by atoms with Gasteiger partial charge in [0.1, 0.15) is 11.9 Å². The number of nitrogens with one attached hydrogen (secondary N) is 1. The van der Waals surface area contributed by atoms with E-state index in [2.05, 4.69) is 39.4 Å². The molecule has 6 heteroatoms. The van der Waals surface area contributed by atoms with Gasteiger partial charge in [0.2, 0.25) is 5.91 Å². The van der Waals surface area contributed by atoms with Crippen LogP contribution >= 0.6 is 15.9 Å². The lowest BCUT2D eigenvalue weighted by Gasteiger charge is -2.03. The number of hydrogen-bond acceptors (Lipinski definition) is 4. The van der Waals surface area contributed by atoms with Crippen LogP contribution in [-0.2, 0) is 17.6 Å². The average Bonchev–Trinajstić information content (AvgIpc) is 3.21. The highest BCUT2D eigenvalue weighted by atomic mass is 79.9. The van der Waals surface area contributed by atoms with Crippen LogP contribution in [0.2, 0.25) is 0 Å². The molecule has 0 fully saturated rings. The van der Waals surface area contributed by atoms with Crippen molar-refractivity contribution in [3.8, 4) is 17.1 Å². The number of nitrogens with zero attached hydrogens (tertiary/aromatic N) is 1. The third kappa shape index (κ3) is 3.65. The SMILES string of the molecule is CC1Cc2cc(-c3cc(CC(=O)Nc4ccc(Br)cc4)no3)ccc2O1. The maximum atomic E-state index is 12.2. The van der Waals surface area contributed by atoms with Crippen molar-refractivity contribution in [1.29, 1.82) is 0 Å². The Labute approximate surface area is 159 Å². The molecule has 1 aromatic heterocycles. The van der Waals surface area contributed by atoms with Gasteiger partial charge in [0.05, 0.1) is 12.1 Å². The molecule has 1 atom stereocenters. The molecular formula is C20H17BrN2O3. The Morgan fingerprint density at radius 1 is 1.23 bits per heavy atom. The van der Waals surface area contributed by atoms with Crippen LogP contribution in [-0.4, -0.2) is 17.2 Å². The molecule has 3 aromatic rings. The lowest BCUT2D eigenvalue weighted by molar-refractivity contribution is -0.115. The lowest BCUT2D eigenvalue weighted by Crippen LogP contribution is -2.14. The predicted molar refractivity (Wildman–Crippen MR) is 102 cm³/mol. The van der Waals surface area contributed by atoms with E-state index in [-0.39, 0.29) is 18.4 Å². The Balaban J connectivity index is 1.44. The molecule has 0 bridgehead atoms. The first-order chi connectivity index (χ1) is 12.6. The summed E-state index contributed by atoms with van der Waals surface area (Å²) in [7, 11) is 0. The fourth-order valence-electron chi connectivity index (χ4n) is 3.01. The largest absolute Gasteiger partial charge is 0.490 e. The third-order valence-corrected chi connectivity index (χ3v) is 4.74. The van der Waals surface area contributed by atoms with E-state index < -0.39 is 0 Å². The number of anilines is 1. The molecule has 0 radical (unpaired) electrons. The summed E-state index contributed by atoms with van der Waals surface area (Å²) >= 11 is 3.37. The highest BCUT2D eigenvalue weighted by Crippen LogP contribution is 2.33. The Morgan fingerprint density at radius 2 is 2.04 bits per heavy atom. The van der Waals surface area contributed by atoms with Crippen LogP contribution < -0.4 is 10.1 Å². The van der Waals surface area contributed by atoms with Gasteiger partial charge in [0.15, 0.2) is 5.76 Å². The zero-order valence-corrected chi connectivity index (χ0v) is 15.7. The Bertz CT molecular complexity index is 950. The summed E-state index contributed by atoms with van der Waals surface area (Å²) in [6.45, 7) is 2.05. The molecule has 0 spiro atoms. The van der Waals surface area contributed by atoms with Crippen molar-refractivity contribution in [3.05, 3.63) is 64.3 Å². The highest BCUT2D eigenvalue weighted by Gasteiger charge is 2.20. The number of halogens is 1. The number of carbonyl (C=O) groups excluding carboxylic acids is 1. The number of carbonyl (C=O) groups is 1. The van der Waals surface area contributed by atoms with E-state index in [0.29, 0.717) is 11.5 Å². The van der Waals surface area contributed by atoms with Gasteiger partial charge in [-0.1, -0.05) is 21.1 Å². The lowest BCUT2D eigenvalue weighted by atomic mass is 10.1. The van der Waals surface area contributed by atoms with E-state index in [1.54, 1.807) is 0 Å². The van der Waals surface area contributed by atoms with Crippen LogP contribution in [0.4, 0.5) is 5.69 Å². The van der Waals surface area contributed by atoms with Gasteiger partial charge in [0, 0.05) is 28.2 Å². The topological polar surface area (TPSA) is 64.4 Å². The van der Waals surface area contributed by atoms with Crippen molar-refractivity contribution in [2.45, 2.75) is 25.9 Å². The van der Waals surface area contributed by atoms with Crippen molar-refractivity contribution in [2.24, 2.45) is 0 Å². The maximum Gasteiger partial charge on any atom is 0.230 e. The number of aromatic nitrogens is 1. The molecule has 132 valence electrons.